The Morgan fingerprint density at radius 3 is 1.99 bits per heavy atom. The number of oxime groups is 1. The number of thiazole rings is 1. The Kier molecular flexibility index (Phi) is 19.6. The molecule has 3 aliphatic heterocycles. The average Bonchev–Trinajstić information content (AvgIpc) is 3.96. The zero-order valence-corrected chi connectivity index (χ0v) is 43.3. The molecule has 0 saturated carbocycles. The third-order valence-corrected chi connectivity index (χ3v) is 15.4. The Morgan fingerprint density at radius 1 is 0.959 bits per heavy atom. The van der Waals surface area contributed by atoms with E-state index in [2.05, 4.69) is 20.8 Å². The normalized spacial score (nSPS) is 17.3. The molecule has 2 saturated heterocycles. The highest BCUT2D eigenvalue weighted by Crippen LogP contribution is 2.41. The Morgan fingerprint density at radius 2 is 1.51 bits per heavy atom. The number of quaternary nitrogens is 1. The summed E-state index contributed by atoms with van der Waals surface area (Å²) in [5, 5.41) is 50.9. The van der Waals surface area contributed by atoms with Gasteiger partial charge in [0, 0.05) is 29.5 Å². The molecular weight excluding hydrogens is 1060 g/mol. The maximum Gasteiger partial charge on any atom is 0.350 e. The van der Waals surface area contributed by atoms with E-state index in [4.69, 9.17) is 31.3 Å². The van der Waals surface area contributed by atoms with E-state index >= 15 is 0 Å². The molecule has 2 atom stereocenters. The molecule has 73 heavy (non-hydrogen) atoms. The zero-order chi connectivity index (χ0) is 53.5. The maximum absolute atomic E-state index is 13.4. The van der Waals surface area contributed by atoms with E-state index in [1.165, 1.54) is 61.3 Å². The van der Waals surface area contributed by atoms with Gasteiger partial charge in [-0.15, -0.1) is 23.1 Å². The number of benzene rings is 3. The van der Waals surface area contributed by atoms with Gasteiger partial charge in [-0.05, 0) is 64.1 Å². The number of hydrogen-bond acceptors (Lipinski definition) is 18. The Hall–Kier alpha value is -6.37. The number of carbonyl (C=O) groups excluding carboxylic acids is 4. The number of hydrogen-bond donors (Lipinski definition) is 8. The monoisotopic (exact) mass is 1110 g/mol. The van der Waals surface area contributed by atoms with Gasteiger partial charge in [-0.2, -0.15) is 16.8 Å². The lowest BCUT2D eigenvalue weighted by molar-refractivity contribution is -0.911. The van der Waals surface area contributed by atoms with Gasteiger partial charge in [0.25, 0.3) is 38.0 Å². The molecule has 3 aliphatic rings. The quantitative estimate of drug-likeness (QED) is 0.0209. The van der Waals surface area contributed by atoms with Gasteiger partial charge in [0.1, 0.15) is 23.7 Å². The van der Waals surface area contributed by atoms with Crippen LogP contribution in [0.4, 0.5) is 5.13 Å². The average molecular weight is 1110 g/mol. The molecule has 0 bridgehead atoms. The van der Waals surface area contributed by atoms with Gasteiger partial charge in [0.05, 0.1) is 58.2 Å². The molecule has 0 spiro atoms. The predicted molar refractivity (Wildman–Crippen MR) is 265 cm³/mol. The summed E-state index contributed by atoms with van der Waals surface area (Å²) in [6, 6.07) is 13.3. The highest BCUT2D eigenvalue weighted by Gasteiger charge is 2.54. The predicted octanol–water partition coefficient (Wildman–Crippen LogP) is 1.48. The van der Waals surface area contributed by atoms with Gasteiger partial charge >= 0.3 is 5.97 Å². The van der Waals surface area contributed by atoms with Crippen LogP contribution in [0.25, 0.3) is 0 Å². The Balaban J connectivity index is 0.000000411. The number of amides is 3. The minimum Gasteiger partial charge on any atom is -0.543 e. The van der Waals surface area contributed by atoms with Crippen LogP contribution in [0, 0.1) is 13.8 Å². The Labute approximate surface area is 431 Å². The fourth-order valence-corrected chi connectivity index (χ4v) is 10.4. The lowest BCUT2D eigenvalue weighted by Gasteiger charge is -2.51. The van der Waals surface area contributed by atoms with Crippen molar-refractivity contribution in [1.82, 2.24) is 20.5 Å². The number of nitrogen functional groups attached to an aromatic ring is 1. The van der Waals surface area contributed by atoms with E-state index in [0.717, 1.165) is 46.3 Å². The highest BCUT2D eigenvalue weighted by atomic mass is 35.5. The number of thioether (sulfide) groups is 1. The number of phenolic OH excluding ortho intramolecular Hbond substituents is 2. The lowest BCUT2D eigenvalue weighted by Crippen LogP contribution is -2.72. The number of carbonyl (C=O) groups is 5. The summed E-state index contributed by atoms with van der Waals surface area (Å²) >= 11 is 8.29. The standard InChI is InChI=1S/C30H34ClN7O10S2.2C7H8O3S.H2O/c1-30(2,28(46)47)48-36-19(16-13-50-29(32)34-16)24(42)35-20-25(43)37-21(27(44)45)14(12-49-26(20)37)11-38(8-3-4-9-38)10-7-33-23(41)15-5-6-17(39)22(40)18(15)31;2*1-6-2-4-7(5-3-6)11(8,9)10;/h5-6,13,20,26H,3-4,7-12H2,1-2H3,(H7-,32,33,34,35,36,39,40,41,42,44,45,46,47);2*2-5H,1H3,(H,8,9,10);1H2/t20-,26-;;;/m1.../s1. The molecule has 4 heterocycles. The van der Waals surface area contributed by atoms with Crippen LogP contribution in [-0.4, -0.2) is 152 Å². The molecule has 0 radical (unpaired) electrons. The SMILES string of the molecule is CC(C)(O/N=C(\C(=O)N[C@@H]1C(=O)N2C(C(=O)[O-])=C(C[N+]3(CCNC(=O)c4ccc(O)c(O)c4Cl)CCCC3)CS[C@H]12)c1csc(N)n1)C(=O)O.Cc1ccc(S(=O)(=O)O)cc1.Cc1ccc(S(=O)(=O)O)cc1.O. The number of nitrogens with two attached hydrogens (primary N) is 1. The fourth-order valence-electron chi connectivity index (χ4n) is 7.33. The lowest BCUT2D eigenvalue weighted by atomic mass is 10.0. The van der Waals surface area contributed by atoms with Crippen molar-refractivity contribution in [2.75, 3.05) is 44.2 Å². The van der Waals surface area contributed by atoms with Crippen LogP contribution in [-0.2, 0) is 44.3 Å². The van der Waals surface area contributed by atoms with Gasteiger partial charge in [-0.1, -0.05) is 52.1 Å². The van der Waals surface area contributed by atoms with Crippen LogP contribution < -0.4 is 21.5 Å². The molecule has 2 fully saturated rings. The highest BCUT2D eigenvalue weighted by molar-refractivity contribution is 8.00. The molecule has 29 heteroatoms. The van der Waals surface area contributed by atoms with Crippen LogP contribution >= 0.6 is 34.7 Å². The first kappa shape index (κ1) is 59.2. The smallest absolute Gasteiger partial charge is 0.350 e. The third kappa shape index (κ3) is 14.9. The van der Waals surface area contributed by atoms with Crippen molar-refractivity contribution in [3.63, 3.8) is 0 Å². The van der Waals surface area contributed by atoms with Gasteiger partial charge in [0.2, 0.25) is 5.60 Å². The van der Waals surface area contributed by atoms with Gasteiger partial charge < -0.3 is 56.4 Å². The number of carboxylic acid groups (broad SMARTS) is 2. The van der Waals surface area contributed by atoms with Crippen molar-refractivity contribution in [2.24, 2.45) is 5.16 Å². The van der Waals surface area contributed by atoms with Crippen LogP contribution in [0.3, 0.4) is 0 Å². The van der Waals surface area contributed by atoms with E-state index in [9.17, 15) is 61.2 Å². The number of carboxylic acids is 2. The number of anilines is 1. The molecule has 7 rings (SSSR count). The number of aryl methyl sites for hydroxylation is 2. The minimum atomic E-state index is -4.02. The van der Waals surface area contributed by atoms with Crippen LogP contribution in [0.1, 0.15) is 53.9 Å². The van der Waals surface area contributed by atoms with Gasteiger partial charge in [-0.3, -0.25) is 28.4 Å². The van der Waals surface area contributed by atoms with Crippen molar-refractivity contribution in [2.45, 2.75) is 67.3 Å². The Bertz CT molecular complexity index is 2940. The first-order chi connectivity index (χ1) is 33.5. The number of rotatable bonds is 15. The second kappa shape index (κ2) is 24.1. The summed E-state index contributed by atoms with van der Waals surface area (Å²) in [5.41, 5.74) is 5.59. The minimum absolute atomic E-state index is 0. The first-order valence-corrected chi connectivity index (χ1v) is 26.6. The van der Waals surface area contributed by atoms with Crippen molar-refractivity contribution < 1.29 is 85.1 Å². The van der Waals surface area contributed by atoms with Crippen molar-refractivity contribution >= 4 is 95.4 Å². The van der Waals surface area contributed by atoms with Crippen molar-refractivity contribution in [1.29, 1.82) is 0 Å². The van der Waals surface area contributed by atoms with Crippen molar-refractivity contribution in [3.05, 3.63) is 105 Å². The molecule has 1 aromatic heterocycles. The topological polar surface area (TPSA) is 397 Å². The van der Waals surface area contributed by atoms with Gasteiger partial charge in [0.15, 0.2) is 22.3 Å². The van der Waals surface area contributed by atoms with Crippen LogP contribution in [0.2, 0.25) is 5.02 Å². The second-order valence-electron chi connectivity index (χ2n) is 17.0. The fraction of sp³-hybridized carbons (Fsp3) is 0.341. The number of aromatic hydroxyl groups is 2. The number of fused-ring (bicyclic) bond motifs is 1. The molecule has 3 amide bonds. The van der Waals surface area contributed by atoms with E-state index in [-0.39, 0.29) is 61.2 Å². The summed E-state index contributed by atoms with van der Waals surface area (Å²) in [4.78, 5) is 73.7. The number of halogens is 1. The number of nitrogens with zero attached hydrogens (tertiary/aromatic N) is 4. The number of aliphatic carboxylic acids is 2. The van der Waals surface area contributed by atoms with Crippen LogP contribution in [0.5, 0.6) is 11.5 Å². The summed E-state index contributed by atoms with van der Waals surface area (Å²) in [7, 11) is -8.04. The number of nitrogens with one attached hydrogen (secondary N) is 2. The summed E-state index contributed by atoms with van der Waals surface area (Å²) in [6.45, 7) is 8.44. The van der Waals surface area contributed by atoms with Gasteiger partial charge in [-0.25, -0.2) is 9.78 Å². The summed E-state index contributed by atoms with van der Waals surface area (Å²) in [5.74, 6) is -5.89. The number of β-lactam (4-membered cyclic amide) rings is 1. The van der Waals surface area contributed by atoms with E-state index < -0.39 is 84.1 Å². The molecule has 0 unspecified atom stereocenters. The zero-order valence-electron chi connectivity index (χ0n) is 39.3. The molecular formula is C44H52ClN7O17S4. The number of likely N-dealkylation sites (tertiary alicyclic amines) is 1. The summed E-state index contributed by atoms with van der Waals surface area (Å²) < 4.78 is 59.5. The molecule has 396 valence electrons. The van der Waals surface area contributed by atoms with E-state index in [0.29, 0.717) is 29.7 Å². The largest absolute Gasteiger partial charge is 0.543 e. The van der Waals surface area contributed by atoms with Crippen LogP contribution in [0.15, 0.2) is 92.3 Å². The van der Waals surface area contributed by atoms with Crippen molar-refractivity contribution in [3.8, 4) is 11.5 Å². The number of phenols is 2. The maximum atomic E-state index is 13.4. The first-order valence-electron chi connectivity index (χ1n) is 21.4. The summed E-state index contributed by atoms with van der Waals surface area (Å²) in [6.07, 6.45) is 1.74. The molecule has 24 nitrogen and oxygen atoms in total. The van der Waals surface area contributed by atoms with E-state index in [1.54, 1.807) is 24.3 Å². The molecule has 4 aromatic rings. The third-order valence-electron chi connectivity index (χ3n) is 11.3. The molecule has 11 N–H and O–H groups in total. The molecule has 0 aliphatic carbocycles. The number of aromatic nitrogens is 1. The second-order valence-corrected chi connectivity index (χ2v) is 22.2. The van der Waals surface area contributed by atoms with E-state index in [1.807, 2.05) is 13.8 Å². The molecule has 3 aromatic carbocycles.